The molecule has 0 radical (unpaired) electrons. The maximum absolute atomic E-state index is 10.9. The van der Waals surface area contributed by atoms with E-state index in [1.807, 2.05) is 6.92 Å². The van der Waals surface area contributed by atoms with Crippen LogP contribution in [0.3, 0.4) is 0 Å². The first-order chi connectivity index (χ1) is 5.79. The van der Waals surface area contributed by atoms with E-state index in [4.69, 9.17) is 0 Å². The summed E-state index contributed by atoms with van der Waals surface area (Å²) in [6.45, 7) is 2.02. The SMILES string of the molecule is CCc1cnc2sc(=O)sc2n1. The van der Waals surface area contributed by atoms with Gasteiger partial charge in [0.15, 0.2) is 9.66 Å². The molecule has 0 amide bonds. The van der Waals surface area contributed by atoms with Crippen molar-refractivity contribution in [2.45, 2.75) is 13.3 Å². The molecule has 0 aliphatic rings. The van der Waals surface area contributed by atoms with E-state index >= 15 is 0 Å². The Bertz CT molecular complexity index is 460. The molecule has 62 valence electrons. The van der Waals surface area contributed by atoms with Gasteiger partial charge in [-0.05, 0) is 6.42 Å². The van der Waals surface area contributed by atoms with Gasteiger partial charge in [0.1, 0.15) is 0 Å². The minimum absolute atomic E-state index is 0.0678. The second-order valence-electron chi connectivity index (χ2n) is 2.28. The van der Waals surface area contributed by atoms with Gasteiger partial charge < -0.3 is 0 Å². The summed E-state index contributed by atoms with van der Waals surface area (Å²) in [4.78, 5) is 20.9. The lowest BCUT2D eigenvalue weighted by Crippen LogP contribution is -1.86. The first-order valence-electron chi connectivity index (χ1n) is 3.55. The first-order valence-corrected chi connectivity index (χ1v) is 5.18. The number of hydrogen-bond donors (Lipinski definition) is 0. The molecular formula is C7H6N2OS2. The van der Waals surface area contributed by atoms with E-state index in [2.05, 4.69) is 9.97 Å². The van der Waals surface area contributed by atoms with Crippen molar-refractivity contribution >= 4 is 32.3 Å². The lowest BCUT2D eigenvalue weighted by atomic mass is 10.4. The van der Waals surface area contributed by atoms with Crippen molar-refractivity contribution in [2.75, 3.05) is 0 Å². The lowest BCUT2D eigenvalue weighted by Gasteiger charge is -1.91. The Kier molecular flexibility index (Phi) is 1.90. The van der Waals surface area contributed by atoms with Gasteiger partial charge >= 0.3 is 0 Å². The van der Waals surface area contributed by atoms with Crippen LogP contribution in [0, 0.1) is 0 Å². The zero-order chi connectivity index (χ0) is 8.55. The van der Waals surface area contributed by atoms with Crippen molar-refractivity contribution < 1.29 is 0 Å². The van der Waals surface area contributed by atoms with Gasteiger partial charge in [-0.2, -0.15) is 0 Å². The van der Waals surface area contributed by atoms with E-state index in [0.717, 1.165) is 33.1 Å². The average molecular weight is 198 g/mol. The molecule has 0 N–H and O–H groups in total. The molecule has 2 heterocycles. The number of rotatable bonds is 1. The highest BCUT2D eigenvalue weighted by molar-refractivity contribution is 7.35. The third-order valence-electron chi connectivity index (χ3n) is 1.48. The van der Waals surface area contributed by atoms with Gasteiger partial charge in [-0.3, -0.25) is 4.79 Å². The van der Waals surface area contributed by atoms with Crippen LogP contribution in [0.25, 0.3) is 9.66 Å². The molecule has 0 aromatic carbocycles. The van der Waals surface area contributed by atoms with E-state index in [-0.39, 0.29) is 4.06 Å². The van der Waals surface area contributed by atoms with Crippen molar-refractivity contribution in [3.8, 4) is 0 Å². The summed E-state index contributed by atoms with van der Waals surface area (Å²) in [7, 11) is 0. The lowest BCUT2D eigenvalue weighted by molar-refractivity contribution is 1.04. The minimum atomic E-state index is 0.0678. The molecular weight excluding hydrogens is 192 g/mol. The third kappa shape index (κ3) is 1.25. The van der Waals surface area contributed by atoms with E-state index in [1.54, 1.807) is 6.20 Å². The summed E-state index contributed by atoms with van der Waals surface area (Å²) in [6, 6.07) is 0. The second kappa shape index (κ2) is 2.91. The molecule has 0 fully saturated rings. The number of aryl methyl sites for hydroxylation is 1. The number of nitrogens with zero attached hydrogens (tertiary/aromatic N) is 2. The molecule has 12 heavy (non-hydrogen) atoms. The topological polar surface area (TPSA) is 42.9 Å². The van der Waals surface area contributed by atoms with E-state index in [0.29, 0.717) is 0 Å². The molecule has 2 rings (SSSR count). The fraction of sp³-hybridized carbons (Fsp3) is 0.286. The van der Waals surface area contributed by atoms with E-state index in [9.17, 15) is 4.79 Å². The molecule has 2 aromatic rings. The van der Waals surface area contributed by atoms with Crippen molar-refractivity contribution in [1.82, 2.24) is 9.97 Å². The summed E-state index contributed by atoms with van der Waals surface area (Å²) in [5.74, 6) is 0. The van der Waals surface area contributed by atoms with Crippen LogP contribution < -0.4 is 4.06 Å². The van der Waals surface area contributed by atoms with Crippen LogP contribution in [-0.4, -0.2) is 9.97 Å². The van der Waals surface area contributed by atoms with Gasteiger partial charge in [0.2, 0.25) is 0 Å². The molecule has 0 unspecified atom stereocenters. The Morgan fingerprint density at radius 2 is 2.17 bits per heavy atom. The predicted octanol–water partition coefficient (Wildman–Crippen LogP) is 1.68. The molecule has 0 spiro atoms. The number of hydrogen-bond acceptors (Lipinski definition) is 5. The van der Waals surface area contributed by atoms with Gasteiger partial charge in [0.25, 0.3) is 4.06 Å². The fourth-order valence-corrected chi connectivity index (χ4v) is 2.63. The van der Waals surface area contributed by atoms with Crippen LogP contribution in [0.15, 0.2) is 11.0 Å². The van der Waals surface area contributed by atoms with Crippen LogP contribution in [0.2, 0.25) is 0 Å². The Morgan fingerprint density at radius 3 is 2.92 bits per heavy atom. The summed E-state index contributed by atoms with van der Waals surface area (Å²) < 4.78 is 0.0678. The van der Waals surface area contributed by atoms with E-state index in [1.165, 1.54) is 11.3 Å². The van der Waals surface area contributed by atoms with E-state index < -0.39 is 0 Å². The zero-order valence-electron chi connectivity index (χ0n) is 6.40. The molecule has 2 aromatic heterocycles. The molecule has 0 saturated heterocycles. The Balaban J connectivity index is 2.74. The summed E-state index contributed by atoms with van der Waals surface area (Å²) in [6.07, 6.45) is 2.59. The van der Waals surface area contributed by atoms with Gasteiger partial charge in [-0.1, -0.05) is 29.6 Å². The normalized spacial score (nSPS) is 10.8. The Morgan fingerprint density at radius 1 is 1.42 bits per heavy atom. The molecule has 0 bridgehead atoms. The third-order valence-corrected chi connectivity index (χ3v) is 3.41. The average Bonchev–Trinajstić information content (AvgIpc) is 2.43. The highest BCUT2D eigenvalue weighted by Crippen LogP contribution is 2.16. The molecule has 3 nitrogen and oxygen atoms in total. The van der Waals surface area contributed by atoms with Gasteiger partial charge in [-0.15, -0.1) is 0 Å². The Hall–Kier alpha value is -0.810. The van der Waals surface area contributed by atoms with Crippen LogP contribution in [0.1, 0.15) is 12.6 Å². The zero-order valence-corrected chi connectivity index (χ0v) is 8.04. The van der Waals surface area contributed by atoms with Crippen molar-refractivity contribution in [3.63, 3.8) is 0 Å². The van der Waals surface area contributed by atoms with Crippen LogP contribution in [0.4, 0.5) is 0 Å². The quantitative estimate of drug-likeness (QED) is 0.700. The van der Waals surface area contributed by atoms with Crippen molar-refractivity contribution in [1.29, 1.82) is 0 Å². The second-order valence-corrected chi connectivity index (χ2v) is 4.46. The first kappa shape index (κ1) is 7.82. The number of fused-ring (bicyclic) bond motifs is 1. The molecule has 0 saturated carbocycles. The fourth-order valence-electron chi connectivity index (χ4n) is 0.881. The van der Waals surface area contributed by atoms with Crippen molar-refractivity contribution in [2.24, 2.45) is 0 Å². The van der Waals surface area contributed by atoms with Crippen LogP contribution in [-0.2, 0) is 6.42 Å². The highest BCUT2D eigenvalue weighted by atomic mass is 32.2. The predicted molar refractivity (Wildman–Crippen MR) is 50.9 cm³/mol. The standard InChI is InChI=1S/C7H6N2OS2/c1-2-4-3-8-5-6(9-4)12-7(10)11-5/h3H,2H2,1H3. The summed E-state index contributed by atoms with van der Waals surface area (Å²) in [5.41, 5.74) is 0.941. The van der Waals surface area contributed by atoms with Crippen LogP contribution >= 0.6 is 22.7 Å². The molecule has 0 aliphatic heterocycles. The van der Waals surface area contributed by atoms with Gasteiger partial charge in [0.05, 0.1) is 11.9 Å². The maximum Gasteiger partial charge on any atom is 0.291 e. The monoisotopic (exact) mass is 198 g/mol. The smallest absolute Gasteiger partial charge is 0.265 e. The largest absolute Gasteiger partial charge is 0.291 e. The maximum atomic E-state index is 10.9. The highest BCUT2D eigenvalue weighted by Gasteiger charge is 2.02. The molecule has 0 aliphatic carbocycles. The summed E-state index contributed by atoms with van der Waals surface area (Å²) >= 11 is 2.33. The molecule has 5 heteroatoms. The molecule has 0 atom stereocenters. The van der Waals surface area contributed by atoms with Crippen LogP contribution in [0.5, 0.6) is 0 Å². The minimum Gasteiger partial charge on any atom is -0.265 e. The Labute approximate surface area is 76.7 Å². The summed E-state index contributed by atoms with van der Waals surface area (Å²) in [5, 5.41) is 0. The van der Waals surface area contributed by atoms with Crippen molar-refractivity contribution in [3.05, 3.63) is 20.7 Å². The number of aromatic nitrogens is 2. The van der Waals surface area contributed by atoms with Gasteiger partial charge in [0, 0.05) is 0 Å². The van der Waals surface area contributed by atoms with Gasteiger partial charge in [-0.25, -0.2) is 9.97 Å².